The highest BCUT2D eigenvalue weighted by Crippen LogP contribution is 2.27. The average Bonchev–Trinajstić information content (AvgIpc) is 3.42. The molecule has 1 heterocycles. The van der Waals surface area contributed by atoms with Gasteiger partial charge >= 0.3 is 23.9 Å². The number of ether oxygens (including phenoxy) is 5. The van der Waals surface area contributed by atoms with Gasteiger partial charge in [-0.25, -0.2) is 4.79 Å². The molecule has 0 aromatic heterocycles. The van der Waals surface area contributed by atoms with Crippen LogP contribution in [0.4, 0.5) is 0 Å². The van der Waals surface area contributed by atoms with Crippen LogP contribution in [0.5, 0.6) is 0 Å². The SMILES string of the molecule is CCC/C=C\C/C=C\CCCCCCCC(=O)OC1C(OCC(COC(=O)CCCCCCCCCCCCCCCCCCCCC)OC(=O)CCCCCCC/C=C\CCCCCCCC)OC(C(=O)O)C(O)C1O. The van der Waals surface area contributed by atoms with Crippen LogP contribution in [-0.2, 0) is 42.9 Å². The lowest BCUT2D eigenvalue weighted by Crippen LogP contribution is -2.61. The molecule has 12 heteroatoms. The summed E-state index contributed by atoms with van der Waals surface area (Å²) >= 11 is 0. The fraction of sp³-hybridized carbons (Fsp3) is 0.846. The van der Waals surface area contributed by atoms with Crippen molar-refractivity contribution in [3.63, 3.8) is 0 Å². The quantitative estimate of drug-likeness (QED) is 0.0228. The van der Waals surface area contributed by atoms with Gasteiger partial charge in [-0.3, -0.25) is 14.4 Å². The van der Waals surface area contributed by atoms with Gasteiger partial charge in [0.2, 0.25) is 0 Å². The third-order valence-electron chi connectivity index (χ3n) is 14.7. The number of aliphatic hydroxyl groups is 2. The highest BCUT2D eigenvalue weighted by Gasteiger charge is 2.50. The van der Waals surface area contributed by atoms with Crippen LogP contribution >= 0.6 is 0 Å². The van der Waals surface area contributed by atoms with E-state index in [1.807, 2.05) is 0 Å². The molecular formula is C65H116O12. The van der Waals surface area contributed by atoms with Crippen molar-refractivity contribution < 1.29 is 58.2 Å². The van der Waals surface area contributed by atoms with Gasteiger partial charge in [0.1, 0.15) is 18.8 Å². The lowest BCUT2D eigenvalue weighted by molar-refractivity contribution is -0.301. The van der Waals surface area contributed by atoms with Crippen LogP contribution < -0.4 is 0 Å². The molecule has 1 saturated heterocycles. The maximum absolute atomic E-state index is 13.2. The Kier molecular flexibility index (Phi) is 50.1. The minimum atomic E-state index is -1.91. The number of aliphatic hydroxyl groups excluding tert-OH is 2. The Morgan fingerprint density at radius 1 is 0.429 bits per heavy atom. The summed E-state index contributed by atoms with van der Waals surface area (Å²) in [6.45, 7) is 5.95. The highest BCUT2D eigenvalue weighted by atomic mass is 16.7. The summed E-state index contributed by atoms with van der Waals surface area (Å²) in [6.07, 6.45) is 51.1. The van der Waals surface area contributed by atoms with Crippen LogP contribution in [0.15, 0.2) is 36.5 Å². The molecule has 0 radical (unpaired) electrons. The molecule has 3 N–H and O–H groups in total. The zero-order valence-corrected chi connectivity index (χ0v) is 49.5. The molecule has 0 aromatic rings. The van der Waals surface area contributed by atoms with Crippen LogP contribution in [0.25, 0.3) is 0 Å². The number of rotatable bonds is 55. The van der Waals surface area contributed by atoms with E-state index in [9.17, 15) is 34.5 Å². The van der Waals surface area contributed by atoms with Crippen LogP contribution in [-0.4, -0.2) is 89.2 Å². The molecular weight excluding hydrogens is 973 g/mol. The van der Waals surface area contributed by atoms with Gasteiger partial charge < -0.3 is 39.0 Å². The predicted molar refractivity (Wildman–Crippen MR) is 313 cm³/mol. The Balaban J connectivity index is 2.65. The van der Waals surface area contributed by atoms with Gasteiger partial charge in [-0.2, -0.15) is 0 Å². The molecule has 6 unspecified atom stereocenters. The van der Waals surface area contributed by atoms with E-state index >= 15 is 0 Å². The summed E-state index contributed by atoms with van der Waals surface area (Å²) in [4.78, 5) is 51.2. The van der Waals surface area contributed by atoms with E-state index in [0.29, 0.717) is 19.3 Å². The molecule has 12 nitrogen and oxygen atoms in total. The first-order valence-electron chi connectivity index (χ1n) is 32.0. The lowest BCUT2D eigenvalue weighted by atomic mass is 9.98. The highest BCUT2D eigenvalue weighted by molar-refractivity contribution is 5.74. The number of unbranched alkanes of at least 4 members (excludes halogenated alkanes) is 35. The predicted octanol–water partition coefficient (Wildman–Crippen LogP) is 16.8. The summed E-state index contributed by atoms with van der Waals surface area (Å²) in [5.74, 6) is -3.12. The second-order valence-electron chi connectivity index (χ2n) is 22.0. The lowest BCUT2D eigenvalue weighted by Gasteiger charge is -2.40. The van der Waals surface area contributed by atoms with Gasteiger partial charge in [-0.15, -0.1) is 0 Å². The fourth-order valence-corrected chi connectivity index (χ4v) is 9.76. The number of hydrogen-bond donors (Lipinski definition) is 3. The first-order valence-corrected chi connectivity index (χ1v) is 32.0. The Labute approximate surface area is 470 Å². The number of carbonyl (C=O) groups excluding carboxylic acids is 3. The van der Waals surface area contributed by atoms with Crippen molar-refractivity contribution in [3.05, 3.63) is 36.5 Å². The molecule has 0 aliphatic carbocycles. The Bertz CT molecular complexity index is 1480. The largest absolute Gasteiger partial charge is 0.479 e. The number of carboxylic acid groups (broad SMARTS) is 1. The number of carbonyl (C=O) groups is 4. The van der Waals surface area contributed by atoms with E-state index in [1.165, 1.54) is 135 Å². The topological polar surface area (TPSA) is 175 Å². The van der Waals surface area contributed by atoms with E-state index in [4.69, 9.17) is 23.7 Å². The first kappa shape index (κ1) is 72.0. The second-order valence-corrected chi connectivity index (χ2v) is 22.0. The molecule has 0 amide bonds. The zero-order chi connectivity index (χ0) is 56.1. The van der Waals surface area contributed by atoms with E-state index in [1.54, 1.807) is 0 Å². The van der Waals surface area contributed by atoms with Crippen molar-refractivity contribution in [2.24, 2.45) is 0 Å². The maximum Gasteiger partial charge on any atom is 0.335 e. The van der Waals surface area contributed by atoms with Crippen LogP contribution in [0.3, 0.4) is 0 Å². The zero-order valence-electron chi connectivity index (χ0n) is 49.5. The molecule has 1 aliphatic rings. The fourth-order valence-electron chi connectivity index (χ4n) is 9.76. The van der Waals surface area contributed by atoms with E-state index in [-0.39, 0.29) is 25.9 Å². The van der Waals surface area contributed by atoms with E-state index in [0.717, 1.165) is 109 Å². The van der Waals surface area contributed by atoms with Crippen LogP contribution in [0.2, 0.25) is 0 Å². The van der Waals surface area contributed by atoms with Crippen molar-refractivity contribution in [2.45, 2.75) is 340 Å². The third kappa shape index (κ3) is 43.4. The Morgan fingerprint density at radius 3 is 1.23 bits per heavy atom. The summed E-state index contributed by atoms with van der Waals surface area (Å²) in [5.41, 5.74) is 0. The van der Waals surface area contributed by atoms with Gasteiger partial charge in [0.25, 0.3) is 0 Å². The van der Waals surface area contributed by atoms with Gasteiger partial charge in [-0.1, -0.05) is 250 Å². The third-order valence-corrected chi connectivity index (χ3v) is 14.7. The molecule has 1 rings (SSSR count). The summed E-state index contributed by atoms with van der Waals surface area (Å²) in [5, 5.41) is 31.5. The molecule has 77 heavy (non-hydrogen) atoms. The number of carboxylic acids is 1. The average molecular weight is 1090 g/mol. The van der Waals surface area contributed by atoms with Gasteiger partial charge in [0.15, 0.2) is 24.6 Å². The van der Waals surface area contributed by atoms with Crippen molar-refractivity contribution >= 4 is 23.9 Å². The van der Waals surface area contributed by atoms with Crippen LogP contribution in [0.1, 0.15) is 303 Å². The van der Waals surface area contributed by atoms with Crippen molar-refractivity contribution in [1.82, 2.24) is 0 Å². The van der Waals surface area contributed by atoms with Gasteiger partial charge in [-0.05, 0) is 70.6 Å². The number of hydrogen-bond acceptors (Lipinski definition) is 11. The summed E-state index contributed by atoms with van der Waals surface area (Å²) in [6, 6.07) is 0. The van der Waals surface area contributed by atoms with Gasteiger partial charge in [0.05, 0.1) is 6.61 Å². The maximum atomic E-state index is 13.2. The molecule has 0 spiro atoms. The van der Waals surface area contributed by atoms with Crippen molar-refractivity contribution in [1.29, 1.82) is 0 Å². The monoisotopic (exact) mass is 1090 g/mol. The minimum Gasteiger partial charge on any atom is -0.479 e. The standard InChI is InChI=1S/C65H116O12/c1-4-7-10-13-16-19-22-25-27-28-29-30-32-34-36-39-42-45-48-51-57(66)73-54-56(75-58(67)52-49-46-43-40-38-35-31-26-23-20-17-14-11-8-5-2)55-74-65-63(61(70)60(69)62(77-65)64(71)72)76-59(68)53-50-47-44-41-37-33-24-21-18-15-12-9-6-3/h12,15,21,24,26,31,56,60-63,65,69-70H,4-11,13-14,16-20,22-23,25,27-30,32-55H2,1-3H3,(H,71,72)/b15-12-,24-21-,31-26-. The first-order chi connectivity index (χ1) is 37.6. The van der Waals surface area contributed by atoms with Crippen molar-refractivity contribution in [3.8, 4) is 0 Å². The summed E-state index contributed by atoms with van der Waals surface area (Å²) < 4.78 is 28.5. The number of aliphatic carboxylic acids is 1. The van der Waals surface area contributed by atoms with Gasteiger partial charge in [0, 0.05) is 19.3 Å². The normalized spacial score (nSPS) is 18.2. The molecule has 1 aliphatic heterocycles. The van der Waals surface area contributed by atoms with Crippen molar-refractivity contribution in [2.75, 3.05) is 13.2 Å². The molecule has 6 atom stereocenters. The molecule has 1 fully saturated rings. The minimum absolute atomic E-state index is 0.0461. The Morgan fingerprint density at radius 2 is 0.805 bits per heavy atom. The van der Waals surface area contributed by atoms with E-state index < -0.39 is 67.3 Å². The summed E-state index contributed by atoms with van der Waals surface area (Å²) in [7, 11) is 0. The number of allylic oxidation sites excluding steroid dienone is 6. The number of esters is 3. The molecule has 0 aromatic carbocycles. The van der Waals surface area contributed by atoms with E-state index in [2.05, 4.69) is 57.2 Å². The molecule has 0 saturated carbocycles. The Hall–Kier alpha value is -3.06. The smallest absolute Gasteiger partial charge is 0.335 e. The second kappa shape index (κ2) is 53.6. The molecule has 0 bridgehead atoms. The van der Waals surface area contributed by atoms with Crippen LogP contribution in [0, 0.1) is 0 Å². The molecule has 448 valence electrons.